The van der Waals surface area contributed by atoms with E-state index in [2.05, 4.69) is 5.10 Å². The van der Waals surface area contributed by atoms with Gasteiger partial charge in [-0.1, -0.05) is 23.2 Å². The predicted molar refractivity (Wildman–Crippen MR) is 88.7 cm³/mol. The van der Waals surface area contributed by atoms with Crippen LogP contribution in [0.25, 0.3) is 0 Å². The predicted octanol–water partition coefficient (Wildman–Crippen LogP) is 3.99. The Morgan fingerprint density at radius 1 is 1.30 bits per heavy atom. The summed E-state index contributed by atoms with van der Waals surface area (Å²) in [6, 6.07) is 2.81. The van der Waals surface area contributed by atoms with Gasteiger partial charge in [0, 0.05) is 18.7 Å². The number of rotatable bonds is 5. The Kier molecular flexibility index (Phi) is 4.21. The van der Waals surface area contributed by atoms with Gasteiger partial charge < -0.3 is 14.9 Å². The van der Waals surface area contributed by atoms with Crippen molar-refractivity contribution in [3.05, 3.63) is 33.4 Å². The second-order valence-electron chi connectivity index (χ2n) is 6.05. The number of hydrogen-bond acceptors (Lipinski definition) is 4. The number of ether oxygens (including phenoxy) is 1. The number of aromatic hydroxyl groups is 1. The lowest BCUT2D eigenvalue weighted by Crippen LogP contribution is -2.08. The van der Waals surface area contributed by atoms with Crippen molar-refractivity contribution in [3.63, 3.8) is 0 Å². The van der Waals surface area contributed by atoms with Gasteiger partial charge in [-0.2, -0.15) is 5.10 Å². The van der Waals surface area contributed by atoms with Gasteiger partial charge in [0.1, 0.15) is 5.75 Å². The van der Waals surface area contributed by atoms with Gasteiger partial charge in [-0.15, -0.1) is 0 Å². The standard InChI is InChI=1S/C16H18Cl2N2O3/c1-9-10(3-4-16(22)5-6-16)15(20(2)19-9)23-14-8-13(21)11(17)7-12(14)18/h7-8,21-22H,3-6H2,1-2H3. The number of phenols is 1. The van der Waals surface area contributed by atoms with Crippen molar-refractivity contribution < 1.29 is 14.9 Å². The maximum absolute atomic E-state index is 10.0. The Hall–Kier alpha value is -1.43. The van der Waals surface area contributed by atoms with Gasteiger partial charge in [0.15, 0.2) is 5.75 Å². The van der Waals surface area contributed by atoms with Crippen LogP contribution in [0, 0.1) is 6.92 Å². The van der Waals surface area contributed by atoms with Crippen LogP contribution in [0.3, 0.4) is 0 Å². The minimum atomic E-state index is -0.532. The summed E-state index contributed by atoms with van der Waals surface area (Å²) in [7, 11) is 1.78. The maximum atomic E-state index is 10.0. The minimum Gasteiger partial charge on any atom is -0.506 e. The van der Waals surface area contributed by atoms with Crippen molar-refractivity contribution in [3.8, 4) is 17.4 Å². The average molecular weight is 357 g/mol. The molecular formula is C16H18Cl2N2O3. The van der Waals surface area contributed by atoms with Gasteiger partial charge in [-0.25, -0.2) is 4.68 Å². The third-order valence-electron chi connectivity index (χ3n) is 4.16. The first-order valence-corrected chi connectivity index (χ1v) is 8.15. The van der Waals surface area contributed by atoms with Crippen molar-refractivity contribution in [1.29, 1.82) is 0 Å². The Morgan fingerprint density at radius 3 is 2.65 bits per heavy atom. The van der Waals surface area contributed by atoms with Gasteiger partial charge in [0.25, 0.3) is 0 Å². The molecule has 1 aliphatic carbocycles. The molecule has 1 aromatic heterocycles. The fraction of sp³-hybridized carbons (Fsp3) is 0.438. The zero-order valence-corrected chi connectivity index (χ0v) is 14.4. The molecule has 124 valence electrons. The number of aromatic nitrogens is 2. The molecule has 0 bridgehead atoms. The van der Waals surface area contributed by atoms with Crippen molar-refractivity contribution >= 4 is 23.2 Å². The summed E-state index contributed by atoms with van der Waals surface area (Å²) < 4.78 is 7.51. The summed E-state index contributed by atoms with van der Waals surface area (Å²) in [5, 5.41) is 24.6. The molecule has 0 amide bonds. The number of hydrogen-bond donors (Lipinski definition) is 2. The Bertz CT molecular complexity index is 754. The van der Waals surface area contributed by atoms with E-state index in [1.807, 2.05) is 6.92 Å². The van der Waals surface area contributed by atoms with Crippen molar-refractivity contribution in [2.24, 2.45) is 7.05 Å². The van der Waals surface area contributed by atoms with Crippen LogP contribution < -0.4 is 4.74 Å². The monoisotopic (exact) mass is 356 g/mol. The molecule has 1 aliphatic rings. The van der Waals surface area contributed by atoms with Crippen LogP contribution in [0.5, 0.6) is 17.4 Å². The number of halogens is 2. The molecular weight excluding hydrogens is 339 g/mol. The molecule has 0 atom stereocenters. The van der Waals surface area contributed by atoms with E-state index in [1.165, 1.54) is 12.1 Å². The molecule has 5 nitrogen and oxygen atoms in total. The van der Waals surface area contributed by atoms with Gasteiger partial charge in [-0.05, 0) is 38.7 Å². The van der Waals surface area contributed by atoms with E-state index in [-0.39, 0.29) is 10.8 Å². The molecule has 7 heteroatoms. The average Bonchev–Trinajstić information content (AvgIpc) is 3.14. The summed E-state index contributed by atoms with van der Waals surface area (Å²) in [5.41, 5.74) is 1.25. The molecule has 3 rings (SSSR count). The molecule has 0 unspecified atom stereocenters. The number of benzene rings is 1. The van der Waals surface area contributed by atoms with E-state index in [1.54, 1.807) is 11.7 Å². The van der Waals surface area contributed by atoms with Gasteiger partial charge in [0.2, 0.25) is 5.88 Å². The molecule has 0 spiro atoms. The third kappa shape index (κ3) is 3.42. The summed E-state index contributed by atoms with van der Waals surface area (Å²) in [6.07, 6.45) is 3.04. The van der Waals surface area contributed by atoms with Crippen molar-refractivity contribution in [2.75, 3.05) is 0 Å². The normalized spacial score (nSPS) is 15.7. The highest BCUT2D eigenvalue weighted by atomic mass is 35.5. The van der Waals surface area contributed by atoms with Crippen LogP contribution >= 0.6 is 23.2 Å². The molecule has 1 fully saturated rings. The number of aryl methyl sites for hydroxylation is 2. The minimum absolute atomic E-state index is 0.0983. The van der Waals surface area contributed by atoms with E-state index >= 15 is 0 Å². The number of nitrogens with zero attached hydrogens (tertiary/aromatic N) is 2. The summed E-state index contributed by atoms with van der Waals surface area (Å²) in [4.78, 5) is 0. The third-order valence-corrected chi connectivity index (χ3v) is 4.76. The Balaban J connectivity index is 1.88. The summed E-state index contributed by atoms with van der Waals surface area (Å²) in [5.74, 6) is 0.761. The smallest absolute Gasteiger partial charge is 0.221 e. The molecule has 0 radical (unpaired) electrons. The van der Waals surface area contributed by atoms with Crippen LogP contribution in [0.4, 0.5) is 0 Å². The lowest BCUT2D eigenvalue weighted by Gasteiger charge is -2.12. The molecule has 1 saturated carbocycles. The topological polar surface area (TPSA) is 67.5 Å². The Morgan fingerprint density at radius 2 is 2.00 bits per heavy atom. The van der Waals surface area contributed by atoms with Crippen LogP contribution in [0.1, 0.15) is 30.5 Å². The van der Waals surface area contributed by atoms with Crippen LogP contribution in [0.2, 0.25) is 10.0 Å². The quantitative estimate of drug-likeness (QED) is 0.849. The highest BCUT2D eigenvalue weighted by molar-refractivity contribution is 6.36. The molecule has 0 saturated heterocycles. The second kappa shape index (κ2) is 5.89. The van der Waals surface area contributed by atoms with Gasteiger partial charge >= 0.3 is 0 Å². The fourth-order valence-corrected chi connectivity index (χ4v) is 2.97. The molecule has 2 aromatic rings. The van der Waals surface area contributed by atoms with E-state index in [4.69, 9.17) is 27.9 Å². The molecule has 1 heterocycles. The van der Waals surface area contributed by atoms with Crippen molar-refractivity contribution in [2.45, 2.75) is 38.2 Å². The molecule has 2 N–H and O–H groups in total. The first-order valence-electron chi connectivity index (χ1n) is 7.40. The Labute approximate surface area is 144 Å². The number of aliphatic hydroxyl groups is 1. The highest BCUT2D eigenvalue weighted by Crippen LogP contribution is 2.42. The van der Waals surface area contributed by atoms with E-state index < -0.39 is 5.60 Å². The fourth-order valence-electron chi connectivity index (χ4n) is 2.55. The highest BCUT2D eigenvalue weighted by Gasteiger charge is 2.40. The largest absolute Gasteiger partial charge is 0.506 e. The lowest BCUT2D eigenvalue weighted by molar-refractivity contribution is 0.140. The van der Waals surface area contributed by atoms with Crippen LogP contribution in [-0.2, 0) is 13.5 Å². The zero-order valence-electron chi connectivity index (χ0n) is 12.9. The zero-order chi connectivity index (χ0) is 16.8. The second-order valence-corrected chi connectivity index (χ2v) is 6.87. The van der Waals surface area contributed by atoms with Gasteiger partial charge in [-0.3, -0.25) is 0 Å². The van der Waals surface area contributed by atoms with Crippen LogP contribution in [0.15, 0.2) is 12.1 Å². The molecule has 0 aliphatic heterocycles. The van der Waals surface area contributed by atoms with Crippen LogP contribution in [-0.4, -0.2) is 25.6 Å². The van der Waals surface area contributed by atoms with Gasteiger partial charge in [0.05, 0.1) is 21.3 Å². The maximum Gasteiger partial charge on any atom is 0.221 e. The van der Waals surface area contributed by atoms with E-state index in [0.29, 0.717) is 29.5 Å². The molecule has 23 heavy (non-hydrogen) atoms. The first kappa shape index (κ1) is 16.4. The number of phenolic OH excluding ortho intramolecular Hbond substituents is 1. The summed E-state index contributed by atoms with van der Waals surface area (Å²) in [6.45, 7) is 1.90. The first-order chi connectivity index (χ1) is 10.8. The molecule has 1 aromatic carbocycles. The van der Waals surface area contributed by atoms with E-state index in [0.717, 1.165) is 24.1 Å². The summed E-state index contributed by atoms with van der Waals surface area (Å²) >= 11 is 12.0. The van der Waals surface area contributed by atoms with E-state index in [9.17, 15) is 10.2 Å². The lowest BCUT2D eigenvalue weighted by atomic mass is 10.1. The SMILES string of the molecule is Cc1nn(C)c(Oc2cc(O)c(Cl)cc2Cl)c1CCC1(O)CC1. The van der Waals surface area contributed by atoms with Crippen molar-refractivity contribution in [1.82, 2.24) is 9.78 Å².